The van der Waals surface area contributed by atoms with Gasteiger partial charge in [-0.15, -0.1) is 0 Å². The van der Waals surface area contributed by atoms with Crippen LogP contribution in [0.1, 0.15) is 22.8 Å². The highest BCUT2D eigenvalue weighted by Gasteiger charge is 2.05. The second kappa shape index (κ2) is 6.31. The number of rotatable bonds is 6. The minimum atomic E-state index is 0.724. The molecule has 2 rings (SSSR count). The van der Waals surface area contributed by atoms with Crippen LogP contribution in [0.2, 0.25) is 0 Å². The summed E-state index contributed by atoms with van der Waals surface area (Å²) in [5, 5.41) is 7.02. The normalized spacial score (nSPS) is 10.8. The molecule has 0 saturated carbocycles. The smallest absolute Gasteiger partial charge is 0.226 e. The standard InChI is InChI=1S/C14H19N3O/c1-11-3-5-12(6-4-11)7-8-14-16-13(17-18-14)9-10-15-2/h3-6,15H,7-10H2,1-2H3. The third-order valence-corrected chi connectivity index (χ3v) is 2.86. The zero-order valence-electron chi connectivity index (χ0n) is 10.9. The first kappa shape index (κ1) is 12.8. The molecule has 0 unspecified atom stereocenters. The quantitative estimate of drug-likeness (QED) is 0.845. The Morgan fingerprint density at radius 2 is 1.89 bits per heavy atom. The van der Waals surface area contributed by atoms with Crippen LogP contribution in [0.4, 0.5) is 0 Å². The van der Waals surface area contributed by atoms with E-state index in [9.17, 15) is 0 Å². The Morgan fingerprint density at radius 1 is 1.11 bits per heavy atom. The Morgan fingerprint density at radius 3 is 2.61 bits per heavy atom. The zero-order valence-corrected chi connectivity index (χ0v) is 10.9. The maximum Gasteiger partial charge on any atom is 0.226 e. The van der Waals surface area contributed by atoms with Gasteiger partial charge < -0.3 is 9.84 Å². The molecular weight excluding hydrogens is 226 g/mol. The van der Waals surface area contributed by atoms with Crippen LogP contribution in [-0.4, -0.2) is 23.7 Å². The van der Waals surface area contributed by atoms with Crippen LogP contribution < -0.4 is 5.32 Å². The van der Waals surface area contributed by atoms with E-state index in [1.165, 1.54) is 11.1 Å². The molecule has 0 aliphatic carbocycles. The molecule has 4 heteroatoms. The lowest BCUT2D eigenvalue weighted by Gasteiger charge is -1.98. The maximum absolute atomic E-state index is 5.22. The Balaban J connectivity index is 1.86. The summed E-state index contributed by atoms with van der Waals surface area (Å²) in [5.41, 5.74) is 2.58. The summed E-state index contributed by atoms with van der Waals surface area (Å²) >= 11 is 0. The number of hydrogen-bond acceptors (Lipinski definition) is 4. The van der Waals surface area contributed by atoms with E-state index in [0.29, 0.717) is 0 Å². The molecule has 0 radical (unpaired) electrons. The molecule has 0 fully saturated rings. The highest BCUT2D eigenvalue weighted by Crippen LogP contribution is 2.07. The highest BCUT2D eigenvalue weighted by atomic mass is 16.5. The Hall–Kier alpha value is -1.68. The molecule has 18 heavy (non-hydrogen) atoms. The van der Waals surface area contributed by atoms with Crippen molar-refractivity contribution in [1.29, 1.82) is 0 Å². The molecule has 1 aromatic carbocycles. The van der Waals surface area contributed by atoms with Crippen molar-refractivity contribution in [3.05, 3.63) is 47.1 Å². The number of benzene rings is 1. The van der Waals surface area contributed by atoms with E-state index in [1.807, 2.05) is 7.05 Å². The van der Waals surface area contributed by atoms with Crippen LogP contribution in [0, 0.1) is 6.92 Å². The first-order chi connectivity index (χ1) is 8.78. The molecule has 0 atom stereocenters. The van der Waals surface area contributed by atoms with Crippen LogP contribution in [0.5, 0.6) is 0 Å². The summed E-state index contributed by atoms with van der Waals surface area (Å²) in [7, 11) is 1.92. The van der Waals surface area contributed by atoms with E-state index >= 15 is 0 Å². The van der Waals surface area contributed by atoms with Crippen LogP contribution in [-0.2, 0) is 19.3 Å². The number of aryl methyl sites for hydroxylation is 3. The van der Waals surface area contributed by atoms with E-state index in [0.717, 1.165) is 37.5 Å². The second-order valence-electron chi connectivity index (χ2n) is 4.44. The average Bonchev–Trinajstić information content (AvgIpc) is 2.84. The summed E-state index contributed by atoms with van der Waals surface area (Å²) in [6.45, 7) is 2.97. The molecule has 0 spiro atoms. The summed E-state index contributed by atoms with van der Waals surface area (Å²) in [5.74, 6) is 1.50. The molecular formula is C14H19N3O. The molecule has 96 valence electrons. The molecule has 1 N–H and O–H groups in total. The fourth-order valence-electron chi connectivity index (χ4n) is 1.74. The summed E-state index contributed by atoms with van der Waals surface area (Å²) in [6, 6.07) is 8.55. The molecule has 0 bridgehead atoms. The van der Waals surface area contributed by atoms with Gasteiger partial charge in [0, 0.05) is 19.4 Å². The summed E-state index contributed by atoms with van der Waals surface area (Å²) < 4.78 is 5.22. The van der Waals surface area contributed by atoms with Crippen LogP contribution >= 0.6 is 0 Å². The third-order valence-electron chi connectivity index (χ3n) is 2.86. The molecule has 0 amide bonds. The van der Waals surface area contributed by atoms with Crippen LogP contribution in [0.3, 0.4) is 0 Å². The van der Waals surface area contributed by atoms with Crippen molar-refractivity contribution < 1.29 is 4.52 Å². The third kappa shape index (κ3) is 3.67. The predicted octanol–water partition coefficient (Wildman–Crippen LogP) is 1.93. The second-order valence-corrected chi connectivity index (χ2v) is 4.44. The number of hydrogen-bond donors (Lipinski definition) is 1. The van der Waals surface area contributed by atoms with E-state index in [1.54, 1.807) is 0 Å². The largest absolute Gasteiger partial charge is 0.339 e. The Bertz CT molecular complexity index is 476. The van der Waals surface area contributed by atoms with Gasteiger partial charge in [0.25, 0.3) is 0 Å². The number of aromatic nitrogens is 2. The lowest BCUT2D eigenvalue weighted by atomic mass is 10.1. The highest BCUT2D eigenvalue weighted by molar-refractivity contribution is 5.21. The zero-order chi connectivity index (χ0) is 12.8. The number of nitrogens with zero attached hydrogens (tertiary/aromatic N) is 2. The minimum absolute atomic E-state index is 0.724. The van der Waals surface area contributed by atoms with Crippen molar-refractivity contribution in [3.8, 4) is 0 Å². The van der Waals surface area contributed by atoms with E-state index in [4.69, 9.17) is 4.52 Å². The lowest BCUT2D eigenvalue weighted by molar-refractivity contribution is 0.373. The van der Waals surface area contributed by atoms with Gasteiger partial charge in [-0.1, -0.05) is 35.0 Å². The molecule has 2 aromatic rings. The van der Waals surface area contributed by atoms with Gasteiger partial charge in [0.05, 0.1) is 0 Å². The van der Waals surface area contributed by atoms with Gasteiger partial charge >= 0.3 is 0 Å². The van der Waals surface area contributed by atoms with E-state index in [-0.39, 0.29) is 0 Å². The van der Waals surface area contributed by atoms with Gasteiger partial charge in [0.15, 0.2) is 5.82 Å². The van der Waals surface area contributed by atoms with Gasteiger partial charge in [-0.25, -0.2) is 0 Å². The fourth-order valence-corrected chi connectivity index (χ4v) is 1.74. The topological polar surface area (TPSA) is 51.0 Å². The van der Waals surface area contributed by atoms with Crippen LogP contribution in [0.15, 0.2) is 28.8 Å². The summed E-state index contributed by atoms with van der Waals surface area (Å²) in [6.07, 6.45) is 2.55. The maximum atomic E-state index is 5.22. The Kier molecular flexibility index (Phi) is 4.47. The van der Waals surface area contributed by atoms with Crippen molar-refractivity contribution in [1.82, 2.24) is 15.5 Å². The SMILES string of the molecule is CNCCc1noc(CCc2ccc(C)cc2)n1. The van der Waals surface area contributed by atoms with Gasteiger partial charge in [0.2, 0.25) is 5.89 Å². The van der Waals surface area contributed by atoms with Gasteiger partial charge in [-0.3, -0.25) is 0 Å². The van der Waals surface area contributed by atoms with E-state index in [2.05, 4.69) is 46.6 Å². The molecule has 1 aromatic heterocycles. The first-order valence-electron chi connectivity index (χ1n) is 6.29. The monoisotopic (exact) mass is 245 g/mol. The van der Waals surface area contributed by atoms with Gasteiger partial charge in [-0.05, 0) is 26.0 Å². The molecule has 0 aliphatic rings. The molecule has 0 saturated heterocycles. The molecule has 0 aliphatic heterocycles. The molecule has 4 nitrogen and oxygen atoms in total. The van der Waals surface area contributed by atoms with Crippen molar-refractivity contribution in [2.75, 3.05) is 13.6 Å². The Labute approximate surface area is 107 Å². The summed E-state index contributed by atoms with van der Waals surface area (Å²) in [4.78, 5) is 4.36. The van der Waals surface area contributed by atoms with Gasteiger partial charge in [0.1, 0.15) is 0 Å². The fraction of sp³-hybridized carbons (Fsp3) is 0.429. The van der Waals surface area contributed by atoms with E-state index < -0.39 is 0 Å². The van der Waals surface area contributed by atoms with Crippen molar-refractivity contribution in [2.45, 2.75) is 26.2 Å². The van der Waals surface area contributed by atoms with Crippen LogP contribution in [0.25, 0.3) is 0 Å². The van der Waals surface area contributed by atoms with Crippen molar-refractivity contribution in [3.63, 3.8) is 0 Å². The number of likely N-dealkylation sites (N-methyl/N-ethyl adjacent to an activating group) is 1. The van der Waals surface area contributed by atoms with Crippen molar-refractivity contribution in [2.24, 2.45) is 0 Å². The number of nitrogens with one attached hydrogen (secondary N) is 1. The minimum Gasteiger partial charge on any atom is -0.339 e. The average molecular weight is 245 g/mol. The van der Waals surface area contributed by atoms with Gasteiger partial charge in [-0.2, -0.15) is 4.98 Å². The predicted molar refractivity (Wildman–Crippen MR) is 70.5 cm³/mol. The molecule has 1 heterocycles. The van der Waals surface area contributed by atoms with Crippen molar-refractivity contribution >= 4 is 0 Å². The lowest BCUT2D eigenvalue weighted by Crippen LogP contribution is -2.11. The first-order valence-corrected chi connectivity index (χ1v) is 6.29.